The van der Waals surface area contributed by atoms with Gasteiger partial charge in [-0.1, -0.05) is 0 Å². The standard InChI is InChI=1S/C14H20N2O6S2/c1-3-22-10(2)13(17)15-4-6-16(7-5-15)24(20,21)12-8-11(9-23-12)14(18)19/h8-10H,3-7H2,1-2H3,(H,18,19). The van der Waals surface area contributed by atoms with Crippen molar-refractivity contribution in [3.63, 3.8) is 0 Å². The van der Waals surface area contributed by atoms with Gasteiger partial charge in [0.05, 0.1) is 5.56 Å². The maximum absolute atomic E-state index is 12.6. The van der Waals surface area contributed by atoms with E-state index in [9.17, 15) is 18.0 Å². The Kier molecular flexibility index (Phi) is 5.97. The Hall–Kier alpha value is -1.49. The Morgan fingerprint density at radius 2 is 1.96 bits per heavy atom. The number of hydrogen-bond acceptors (Lipinski definition) is 6. The number of thiophene rings is 1. The van der Waals surface area contributed by atoms with Gasteiger partial charge in [0.15, 0.2) is 0 Å². The minimum Gasteiger partial charge on any atom is -0.478 e. The summed E-state index contributed by atoms with van der Waals surface area (Å²) in [6, 6.07) is 1.16. The molecule has 2 heterocycles. The van der Waals surface area contributed by atoms with Crippen molar-refractivity contribution in [3.8, 4) is 0 Å². The fraction of sp³-hybridized carbons (Fsp3) is 0.571. The lowest BCUT2D eigenvalue weighted by Gasteiger charge is -2.34. The maximum atomic E-state index is 12.6. The summed E-state index contributed by atoms with van der Waals surface area (Å²) in [5.41, 5.74) is -0.0436. The van der Waals surface area contributed by atoms with Gasteiger partial charge in [-0.2, -0.15) is 4.31 Å². The first-order valence-corrected chi connectivity index (χ1v) is 9.81. The summed E-state index contributed by atoms with van der Waals surface area (Å²) in [5, 5.41) is 10.2. The number of amides is 1. The number of hydrogen-bond donors (Lipinski definition) is 1. The second-order valence-corrected chi connectivity index (χ2v) is 8.36. The maximum Gasteiger partial charge on any atom is 0.336 e. The molecule has 0 aliphatic carbocycles. The van der Waals surface area contributed by atoms with Crippen LogP contribution >= 0.6 is 11.3 Å². The highest BCUT2D eigenvalue weighted by molar-refractivity contribution is 7.91. The van der Waals surface area contributed by atoms with Crippen molar-refractivity contribution in [2.75, 3.05) is 32.8 Å². The Balaban J connectivity index is 2.02. The normalized spacial score (nSPS) is 17.7. The van der Waals surface area contributed by atoms with Gasteiger partial charge in [0, 0.05) is 38.2 Å². The molecule has 0 aromatic carbocycles. The van der Waals surface area contributed by atoms with Crippen molar-refractivity contribution in [1.29, 1.82) is 0 Å². The number of carbonyl (C=O) groups excluding carboxylic acids is 1. The van der Waals surface area contributed by atoms with Gasteiger partial charge in [-0.3, -0.25) is 4.79 Å². The Bertz CT molecular complexity index is 707. The van der Waals surface area contributed by atoms with E-state index in [-0.39, 0.29) is 41.9 Å². The lowest BCUT2D eigenvalue weighted by atomic mass is 10.3. The summed E-state index contributed by atoms with van der Waals surface area (Å²) in [6.07, 6.45) is -0.548. The van der Waals surface area contributed by atoms with Gasteiger partial charge >= 0.3 is 5.97 Å². The highest BCUT2D eigenvalue weighted by Gasteiger charge is 2.32. The summed E-state index contributed by atoms with van der Waals surface area (Å²) in [4.78, 5) is 24.6. The van der Waals surface area contributed by atoms with E-state index in [0.29, 0.717) is 6.61 Å². The molecule has 10 heteroatoms. The molecule has 24 heavy (non-hydrogen) atoms. The molecule has 1 atom stereocenters. The minimum absolute atomic E-state index is 0.00219. The smallest absolute Gasteiger partial charge is 0.336 e. The third kappa shape index (κ3) is 3.94. The van der Waals surface area contributed by atoms with Crippen molar-refractivity contribution < 1.29 is 27.9 Å². The molecule has 1 N–H and O–H groups in total. The zero-order valence-corrected chi connectivity index (χ0v) is 15.1. The Morgan fingerprint density at radius 3 is 2.46 bits per heavy atom. The summed E-state index contributed by atoms with van der Waals surface area (Å²) >= 11 is 0.886. The summed E-state index contributed by atoms with van der Waals surface area (Å²) in [7, 11) is -3.74. The number of piperazine rings is 1. The van der Waals surface area contributed by atoms with Crippen LogP contribution in [-0.4, -0.2) is 73.5 Å². The van der Waals surface area contributed by atoms with E-state index in [1.807, 2.05) is 0 Å². The number of sulfonamides is 1. The van der Waals surface area contributed by atoms with Gasteiger partial charge in [0.2, 0.25) is 0 Å². The number of carboxylic acids is 1. The van der Waals surface area contributed by atoms with Crippen molar-refractivity contribution >= 4 is 33.2 Å². The molecule has 8 nitrogen and oxygen atoms in total. The van der Waals surface area contributed by atoms with Gasteiger partial charge < -0.3 is 14.7 Å². The molecule has 1 aliphatic heterocycles. The fourth-order valence-electron chi connectivity index (χ4n) is 2.42. The molecule has 1 unspecified atom stereocenters. The van der Waals surface area contributed by atoms with Gasteiger partial charge in [-0.15, -0.1) is 11.3 Å². The van der Waals surface area contributed by atoms with Crippen LogP contribution in [0.25, 0.3) is 0 Å². The molecule has 134 valence electrons. The largest absolute Gasteiger partial charge is 0.478 e. The minimum atomic E-state index is -3.74. The Labute approximate surface area is 144 Å². The van der Waals surface area contributed by atoms with Gasteiger partial charge in [-0.25, -0.2) is 13.2 Å². The first-order chi connectivity index (χ1) is 11.3. The molecule has 0 radical (unpaired) electrons. The first kappa shape index (κ1) is 18.8. The number of rotatable bonds is 6. The van der Waals surface area contributed by atoms with Crippen molar-refractivity contribution in [2.24, 2.45) is 0 Å². The average Bonchev–Trinajstić information content (AvgIpc) is 3.05. The summed E-state index contributed by atoms with van der Waals surface area (Å²) in [5.74, 6) is -1.31. The van der Waals surface area contributed by atoms with E-state index in [1.54, 1.807) is 18.7 Å². The zero-order valence-electron chi connectivity index (χ0n) is 13.5. The van der Waals surface area contributed by atoms with Crippen LogP contribution < -0.4 is 0 Å². The van der Waals surface area contributed by atoms with Crippen LogP contribution in [0.5, 0.6) is 0 Å². The quantitative estimate of drug-likeness (QED) is 0.784. The molecule has 0 spiro atoms. The molecular weight excluding hydrogens is 356 g/mol. The molecule has 1 fully saturated rings. The average molecular weight is 376 g/mol. The van der Waals surface area contributed by atoms with Crippen LogP contribution in [0.4, 0.5) is 0 Å². The molecular formula is C14H20N2O6S2. The number of carboxylic acid groups (broad SMARTS) is 1. The van der Waals surface area contributed by atoms with Crippen LogP contribution in [0, 0.1) is 0 Å². The first-order valence-electron chi connectivity index (χ1n) is 7.49. The van der Waals surface area contributed by atoms with E-state index >= 15 is 0 Å². The molecule has 1 aliphatic rings. The highest BCUT2D eigenvalue weighted by Crippen LogP contribution is 2.25. The van der Waals surface area contributed by atoms with E-state index in [0.717, 1.165) is 17.4 Å². The van der Waals surface area contributed by atoms with E-state index < -0.39 is 22.1 Å². The molecule has 2 rings (SSSR count). The molecule has 1 aromatic heterocycles. The SMILES string of the molecule is CCOC(C)C(=O)N1CCN(S(=O)(=O)c2cc(C(=O)O)cs2)CC1. The number of nitrogens with zero attached hydrogens (tertiary/aromatic N) is 2. The second kappa shape index (κ2) is 7.60. The third-order valence-electron chi connectivity index (χ3n) is 3.73. The van der Waals surface area contributed by atoms with Crippen LogP contribution in [0.15, 0.2) is 15.7 Å². The lowest BCUT2D eigenvalue weighted by molar-refractivity contribution is -0.143. The fourth-order valence-corrected chi connectivity index (χ4v) is 5.15. The zero-order chi connectivity index (χ0) is 17.9. The molecule has 1 aromatic rings. The molecule has 1 amide bonds. The predicted octanol–water partition coefficient (Wildman–Crippen LogP) is 0.704. The van der Waals surface area contributed by atoms with Crippen molar-refractivity contribution in [1.82, 2.24) is 9.21 Å². The third-order valence-corrected chi connectivity index (χ3v) is 7.05. The molecule has 1 saturated heterocycles. The molecule has 0 bridgehead atoms. The lowest BCUT2D eigenvalue weighted by Crippen LogP contribution is -2.52. The van der Waals surface area contributed by atoms with Gasteiger partial charge in [0.1, 0.15) is 10.3 Å². The van der Waals surface area contributed by atoms with Gasteiger partial charge in [-0.05, 0) is 19.9 Å². The van der Waals surface area contributed by atoms with Gasteiger partial charge in [0.25, 0.3) is 15.9 Å². The van der Waals surface area contributed by atoms with E-state index in [2.05, 4.69) is 0 Å². The van der Waals surface area contributed by atoms with Crippen LogP contribution in [0.3, 0.4) is 0 Å². The second-order valence-electron chi connectivity index (χ2n) is 5.29. The molecule has 0 saturated carbocycles. The highest BCUT2D eigenvalue weighted by atomic mass is 32.2. The number of carbonyl (C=O) groups is 2. The van der Waals surface area contributed by atoms with E-state index in [1.165, 1.54) is 9.69 Å². The summed E-state index contributed by atoms with van der Waals surface area (Å²) in [6.45, 7) is 4.83. The van der Waals surface area contributed by atoms with E-state index in [4.69, 9.17) is 9.84 Å². The van der Waals surface area contributed by atoms with Crippen molar-refractivity contribution in [2.45, 2.75) is 24.2 Å². The summed E-state index contributed by atoms with van der Waals surface area (Å²) < 4.78 is 31.7. The monoisotopic (exact) mass is 376 g/mol. The van der Waals surface area contributed by atoms with Crippen molar-refractivity contribution in [3.05, 3.63) is 17.0 Å². The van der Waals surface area contributed by atoms with Crippen LogP contribution in [0.1, 0.15) is 24.2 Å². The predicted molar refractivity (Wildman–Crippen MR) is 87.7 cm³/mol. The van der Waals surface area contributed by atoms with Crippen LogP contribution in [-0.2, 0) is 19.6 Å². The number of ether oxygens (including phenoxy) is 1. The van der Waals surface area contributed by atoms with Crippen LogP contribution in [0.2, 0.25) is 0 Å². The topological polar surface area (TPSA) is 104 Å². The number of aromatic carboxylic acids is 1. The Morgan fingerprint density at radius 1 is 1.33 bits per heavy atom.